The van der Waals surface area contributed by atoms with E-state index in [0.717, 1.165) is 34.1 Å². The molecule has 0 spiro atoms. The monoisotopic (exact) mass is 716 g/mol. The predicted molar refractivity (Wildman–Crippen MR) is 240 cm³/mol. The van der Waals surface area contributed by atoms with Crippen molar-refractivity contribution in [1.82, 2.24) is 0 Å². The van der Waals surface area contributed by atoms with Gasteiger partial charge in [-0.2, -0.15) is 0 Å². The van der Waals surface area contributed by atoms with E-state index >= 15 is 0 Å². The maximum atomic E-state index is 2.42. The minimum absolute atomic E-state index is 1.12. The number of anilines is 6. The van der Waals surface area contributed by atoms with Crippen LogP contribution in [0.25, 0.3) is 54.6 Å². The lowest BCUT2D eigenvalue weighted by atomic mass is 9.91. The number of benzene rings is 10. The van der Waals surface area contributed by atoms with Crippen molar-refractivity contribution in [1.29, 1.82) is 0 Å². The first-order valence-electron chi connectivity index (χ1n) is 19.3. The van der Waals surface area contributed by atoms with Crippen LogP contribution >= 0.6 is 0 Å². The molecule has 2 heteroatoms. The summed E-state index contributed by atoms with van der Waals surface area (Å²) in [6.07, 6.45) is 0. The minimum atomic E-state index is 1.12. The summed E-state index contributed by atoms with van der Waals surface area (Å²) in [5.41, 5.74) is 14.1. The van der Waals surface area contributed by atoms with Crippen LogP contribution in [-0.2, 0) is 0 Å². The number of hydrogen-bond donors (Lipinski definition) is 0. The molecule has 0 saturated heterocycles. The van der Waals surface area contributed by atoms with Gasteiger partial charge in [-0.25, -0.2) is 0 Å². The average Bonchev–Trinajstić information content (AvgIpc) is 3.26. The third-order valence-electron chi connectivity index (χ3n) is 11.1. The first-order chi connectivity index (χ1) is 27.6. The third-order valence-corrected chi connectivity index (χ3v) is 11.1. The summed E-state index contributed by atoms with van der Waals surface area (Å²) in [5.74, 6) is 0. The molecule has 0 fully saturated rings. The molecule has 2 nitrogen and oxygen atoms in total. The molecule has 0 unspecified atom stereocenters. The van der Waals surface area contributed by atoms with Gasteiger partial charge < -0.3 is 9.80 Å². The lowest BCUT2D eigenvalue weighted by Gasteiger charge is -2.30. The third kappa shape index (κ3) is 5.93. The molecule has 10 aromatic carbocycles. The molecule has 0 atom stereocenters. The summed E-state index contributed by atoms with van der Waals surface area (Å²) in [7, 11) is 0. The van der Waals surface area contributed by atoms with Gasteiger partial charge in [-0.1, -0.05) is 157 Å². The number of rotatable bonds is 8. The minimum Gasteiger partial charge on any atom is -0.310 e. The summed E-state index contributed by atoms with van der Waals surface area (Å²) in [6.45, 7) is 4.30. The van der Waals surface area contributed by atoms with E-state index < -0.39 is 0 Å². The van der Waals surface area contributed by atoms with E-state index in [2.05, 4.69) is 230 Å². The summed E-state index contributed by atoms with van der Waals surface area (Å²) in [5, 5.41) is 7.45. The molecule has 0 radical (unpaired) electrons. The van der Waals surface area contributed by atoms with Gasteiger partial charge in [-0.3, -0.25) is 0 Å². The van der Waals surface area contributed by atoms with Gasteiger partial charge in [0.1, 0.15) is 0 Å². The van der Waals surface area contributed by atoms with E-state index in [9.17, 15) is 0 Å². The zero-order valence-corrected chi connectivity index (χ0v) is 31.5. The fraction of sp³-hybridized carbons (Fsp3) is 0.0370. The van der Waals surface area contributed by atoms with E-state index in [1.807, 2.05) is 0 Å². The molecule has 56 heavy (non-hydrogen) atoms. The van der Waals surface area contributed by atoms with Crippen molar-refractivity contribution in [2.45, 2.75) is 13.8 Å². The first-order valence-corrected chi connectivity index (χ1v) is 19.3. The molecule has 0 N–H and O–H groups in total. The zero-order valence-electron chi connectivity index (χ0n) is 31.5. The highest BCUT2D eigenvalue weighted by Gasteiger charge is 2.22. The molecule has 266 valence electrons. The molecular weight excluding hydrogens is 677 g/mol. The lowest BCUT2D eigenvalue weighted by Crippen LogP contribution is -2.11. The van der Waals surface area contributed by atoms with Crippen LogP contribution in [0.1, 0.15) is 11.1 Å². The second-order valence-corrected chi connectivity index (χ2v) is 14.8. The van der Waals surface area contributed by atoms with E-state index in [0.29, 0.717) is 0 Å². The molecule has 0 aliphatic rings. The molecule has 10 aromatic rings. The van der Waals surface area contributed by atoms with Crippen LogP contribution < -0.4 is 9.80 Å². The Morgan fingerprint density at radius 2 is 0.661 bits per heavy atom. The van der Waals surface area contributed by atoms with Crippen molar-refractivity contribution in [3.05, 3.63) is 217 Å². The molecule has 0 aliphatic heterocycles. The maximum absolute atomic E-state index is 2.42. The molecular formula is C54H40N2. The molecule has 0 aromatic heterocycles. The van der Waals surface area contributed by atoms with Crippen molar-refractivity contribution < 1.29 is 0 Å². The Kier molecular flexibility index (Phi) is 8.30. The van der Waals surface area contributed by atoms with Gasteiger partial charge in [-0.15, -0.1) is 0 Å². The zero-order chi connectivity index (χ0) is 37.6. The van der Waals surface area contributed by atoms with Crippen LogP contribution in [0, 0.1) is 13.8 Å². The predicted octanol–water partition coefficient (Wildman–Crippen LogP) is 15.5. The van der Waals surface area contributed by atoms with E-state index in [1.54, 1.807) is 0 Å². The van der Waals surface area contributed by atoms with Crippen LogP contribution in [0.15, 0.2) is 206 Å². The molecule has 0 saturated carbocycles. The number of nitrogens with zero attached hydrogens (tertiary/aromatic N) is 2. The van der Waals surface area contributed by atoms with Gasteiger partial charge in [0, 0.05) is 33.5 Å². The fourth-order valence-electron chi connectivity index (χ4n) is 8.31. The Morgan fingerprint density at radius 1 is 0.286 bits per heavy atom. The van der Waals surface area contributed by atoms with Crippen LogP contribution in [0.2, 0.25) is 0 Å². The standard InChI is InChI=1S/C54H40N2/c1-37-19-27-45(28-20-37)55(47-17-9-15-43(35-47)39-11-5-3-6-12-39)51-33-25-41-24-32-50-52(34-26-42-23-31-49(51)53(41)54(42)50)56(46-29-21-38(2)22-30-46)48-18-10-16-44(36-48)40-13-7-4-8-14-40/h3-36H,1-2H3. The van der Waals surface area contributed by atoms with Crippen LogP contribution in [0.5, 0.6) is 0 Å². The van der Waals surface area contributed by atoms with Crippen molar-refractivity contribution in [3.63, 3.8) is 0 Å². The summed E-state index contributed by atoms with van der Waals surface area (Å²) in [6, 6.07) is 75.4. The van der Waals surface area contributed by atoms with Gasteiger partial charge in [0.05, 0.1) is 11.4 Å². The smallest absolute Gasteiger partial charge is 0.0540 e. The Bertz CT molecular complexity index is 2760. The normalized spacial score (nSPS) is 11.4. The lowest BCUT2D eigenvalue weighted by molar-refractivity contribution is 1.29. The average molecular weight is 717 g/mol. The second kappa shape index (κ2) is 13.9. The summed E-state index contributed by atoms with van der Waals surface area (Å²) < 4.78 is 0. The fourth-order valence-corrected chi connectivity index (χ4v) is 8.31. The van der Waals surface area contributed by atoms with Crippen molar-refractivity contribution in [2.24, 2.45) is 0 Å². The van der Waals surface area contributed by atoms with Gasteiger partial charge in [-0.05, 0) is 118 Å². The molecule has 0 bridgehead atoms. The van der Waals surface area contributed by atoms with Crippen LogP contribution in [-0.4, -0.2) is 0 Å². The number of hydrogen-bond acceptors (Lipinski definition) is 2. The Labute approximate surface area is 328 Å². The van der Waals surface area contributed by atoms with Gasteiger partial charge in [0.2, 0.25) is 0 Å². The van der Waals surface area contributed by atoms with E-state index in [4.69, 9.17) is 0 Å². The Balaban J connectivity index is 1.20. The van der Waals surface area contributed by atoms with Gasteiger partial charge in [0.15, 0.2) is 0 Å². The van der Waals surface area contributed by atoms with Crippen molar-refractivity contribution >= 4 is 66.4 Å². The summed E-state index contributed by atoms with van der Waals surface area (Å²) >= 11 is 0. The Hall–Kier alpha value is -7.16. The molecule has 0 amide bonds. The highest BCUT2D eigenvalue weighted by atomic mass is 15.1. The molecule has 10 rings (SSSR count). The van der Waals surface area contributed by atoms with Gasteiger partial charge in [0.25, 0.3) is 0 Å². The highest BCUT2D eigenvalue weighted by Crippen LogP contribution is 2.48. The first kappa shape index (κ1) is 33.4. The van der Waals surface area contributed by atoms with Crippen molar-refractivity contribution in [2.75, 3.05) is 9.80 Å². The molecule has 0 heterocycles. The van der Waals surface area contributed by atoms with Crippen LogP contribution in [0.3, 0.4) is 0 Å². The van der Waals surface area contributed by atoms with Crippen molar-refractivity contribution in [3.8, 4) is 22.3 Å². The SMILES string of the molecule is Cc1ccc(N(c2cccc(-c3ccccc3)c2)c2ccc3ccc4c(N(c5ccc(C)cc5)c5cccc(-c6ccccc6)c5)ccc5ccc2c3c54)cc1. The maximum Gasteiger partial charge on any atom is 0.0540 e. The largest absolute Gasteiger partial charge is 0.310 e. The molecule has 0 aliphatic carbocycles. The second-order valence-electron chi connectivity index (χ2n) is 14.8. The van der Waals surface area contributed by atoms with E-state index in [1.165, 1.54) is 65.7 Å². The van der Waals surface area contributed by atoms with Gasteiger partial charge >= 0.3 is 0 Å². The summed E-state index contributed by atoms with van der Waals surface area (Å²) in [4.78, 5) is 4.85. The topological polar surface area (TPSA) is 6.48 Å². The van der Waals surface area contributed by atoms with Crippen LogP contribution in [0.4, 0.5) is 34.1 Å². The quantitative estimate of drug-likeness (QED) is 0.144. The Morgan fingerprint density at radius 3 is 1.07 bits per heavy atom. The van der Waals surface area contributed by atoms with E-state index in [-0.39, 0.29) is 0 Å². The number of aryl methyl sites for hydroxylation is 2. The highest BCUT2D eigenvalue weighted by molar-refractivity contribution is 6.28.